The molecular weight excluding hydrogens is 262 g/mol. The van der Waals surface area contributed by atoms with E-state index in [1.54, 1.807) is 0 Å². The molecule has 0 saturated heterocycles. The normalized spacial score (nSPS) is 18.7. The standard InChI is InChI=1S/C11H14F2N2O2S/c12-11(13)18(16,17)15-6-5-8-7-14-10-4-2-1-3-9(8)10/h1-4,8,11,14-15H,5-7H2. The van der Waals surface area contributed by atoms with E-state index in [4.69, 9.17) is 0 Å². The van der Waals surface area contributed by atoms with Crippen LogP contribution in [0.1, 0.15) is 17.9 Å². The van der Waals surface area contributed by atoms with Crippen molar-refractivity contribution in [1.29, 1.82) is 0 Å². The highest BCUT2D eigenvalue weighted by Crippen LogP contribution is 2.32. The van der Waals surface area contributed by atoms with Crippen molar-refractivity contribution in [3.63, 3.8) is 0 Å². The van der Waals surface area contributed by atoms with Crippen molar-refractivity contribution >= 4 is 15.7 Å². The predicted octanol–water partition coefficient (Wildman–Crippen LogP) is 1.73. The van der Waals surface area contributed by atoms with Gasteiger partial charge >= 0.3 is 5.76 Å². The maximum Gasteiger partial charge on any atom is 0.350 e. The minimum atomic E-state index is -4.47. The van der Waals surface area contributed by atoms with E-state index < -0.39 is 15.8 Å². The van der Waals surface area contributed by atoms with Crippen LogP contribution in [0.5, 0.6) is 0 Å². The lowest BCUT2D eigenvalue weighted by molar-refractivity contribution is 0.232. The van der Waals surface area contributed by atoms with Crippen molar-refractivity contribution in [2.45, 2.75) is 18.1 Å². The molecule has 1 aromatic carbocycles. The number of sulfonamides is 1. The summed E-state index contributed by atoms with van der Waals surface area (Å²) in [5.74, 6) is -3.21. The number of para-hydroxylation sites is 1. The Kier molecular flexibility index (Phi) is 3.82. The quantitative estimate of drug-likeness (QED) is 0.861. The Morgan fingerprint density at radius 3 is 2.83 bits per heavy atom. The van der Waals surface area contributed by atoms with E-state index in [2.05, 4.69) is 5.32 Å². The highest BCUT2D eigenvalue weighted by molar-refractivity contribution is 7.89. The fraction of sp³-hybridized carbons (Fsp3) is 0.455. The molecule has 0 aromatic heterocycles. The van der Waals surface area contributed by atoms with Gasteiger partial charge in [0.2, 0.25) is 0 Å². The second-order valence-electron chi connectivity index (χ2n) is 4.15. The second-order valence-corrected chi connectivity index (χ2v) is 5.89. The van der Waals surface area contributed by atoms with E-state index in [0.29, 0.717) is 13.0 Å². The third-order valence-electron chi connectivity index (χ3n) is 2.97. The fourth-order valence-corrected chi connectivity index (χ4v) is 2.58. The van der Waals surface area contributed by atoms with Crippen LogP contribution in [0.15, 0.2) is 24.3 Å². The summed E-state index contributed by atoms with van der Waals surface area (Å²) in [6.45, 7) is 0.725. The number of nitrogens with one attached hydrogen (secondary N) is 2. The summed E-state index contributed by atoms with van der Waals surface area (Å²) in [6.07, 6.45) is 0.496. The van der Waals surface area contributed by atoms with Crippen molar-refractivity contribution in [1.82, 2.24) is 4.72 Å². The van der Waals surface area contributed by atoms with Gasteiger partial charge in [0.15, 0.2) is 0 Å². The first-order valence-corrected chi connectivity index (χ1v) is 7.15. The van der Waals surface area contributed by atoms with Gasteiger partial charge in [0.25, 0.3) is 10.0 Å². The molecule has 0 amide bonds. The van der Waals surface area contributed by atoms with Gasteiger partial charge in [-0.2, -0.15) is 8.78 Å². The van der Waals surface area contributed by atoms with Gasteiger partial charge in [0.1, 0.15) is 0 Å². The maximum atomic E-state index is 12.1. The number of hydrogen-bond acceptors (Lipinski definition) is 3. The van der Waals surface area contributed by atoms with Crippen LogP contribution < -0.4 is 10.0 Å². The SMILES string of the molecule is O=S(=O)(NCCC1CNc2ccccc21)C(F)F. The Morgan fingerprint density at radius 1 is 1.39 bits per heavy atom. The van der Waals surface area contributed by atoms with Crippen molar-refractivity contribution < 1.29 is 17.2 Å². The van der Waals surface area contributed by atoms with Crippen LogP contribution in [0, 0.1) is 0 Å². The summed E-state index contributed by atoms with van der Waals surface area (Å²) < 4.78 is 47.8. The molecule has 7 heteroatoms. The van der Waals surface area contributed by atoms with E-state index in [-0.39, 0.29) is 12.5 Å². The summed E-state index contributed by atoms with van der Waals surface area (Å²) in [5.41, 5.74) is 2.13. The Balaban J connectivity index is 1.90. The lowest BCUT2D eigenvalue weighted by Gasteiger charge is -2.10. The molecular formula is C11H14F2N2O2S. The molecule has 1 aromatic rings. The molecule has 0 radical (unpaired) electrons. The first kappa shape index (κ1) is 13.2. The lowest BCUT2D eigenvalue weighted by Crippen LogP contribution is -2.31. The molecule has 18 heavy (non-hydrogen) atoms. The third-order valence-corrected chi connectivity index (χ3v) is 4.05. The summed E-state index contributed by atoms with van der Waals surface area (Å²) in [7, 11) is -4.47. The number of fused-ring (bicyclic) bond motifs is 1. The number of benzene rings is 1. The molecule has 1 atom stereocenters. The van der Waals surface area contributed by atoms with Crippen LogP contribution >= 0.6 is 0 Å². The van der Waals surface area contributed by atoms with Gasteiger partial charge in [-0.1, -0.05) is 18.2 Å². The van der Waals surface area contributed by atoms with Crippen LogP contribution in [-0.4, -0.2) is 27.3 Å². The van der Waals surface area contributed by atoms with E-state index in [9.17, 15) is 17.2 Å². The molecule has 0 spiro atoms. The Labute approximate surface area is 104 Å². The molecule has 0 saturated carbocycles. The van der Waals surface area contributed by atoms with Crippen LogP contribution in [0.4, 0.5) is 14.5 Å². The van der Waals surface area contributed by atoms with E-state index in [0.717, 1.165) is 11.3 Å². The average molecular weight is 276 g/mol. The van der Waals surface area contributed by atoms with Gasteiger partial charge in [0.05, 0.1) is 0 Å². The average Bonchev–Trinajstić information content (AvgIpc) is 2.72. The molecule has 4 nitrogen and oxygen atoms in total. The minimum Gasteiger partial charge on any atom is -0.384 e. The molecule has 1 unspecified atom stereocenters. The Morgan fingerprint density at radius 2 is 2.11 bits per heavy atom. The molecule has 1 heterocycles. The Bertz CT molecular complexity index is 520. The number of halogens is 2. The van der Waals surface area contributed by atoms with Gasteiger partial charge in [0, 0.05) is 24.7 Å². The van der Waals surface area contributed by atoms with Crippen LogP contribution in [-0.2, 0) is 10.0 Å². The number of hydrogen-bond donors (Lipinski definition) is 2. The molecule has 100 valence electrons. The maximum absolute atomic E-state index is 12.1. The summed E-state index contributed by atoms with van der Waals surface area (Å²) in [5, 5.41) is 3.20. The number of alkyl halides is 2. The third kappa shape index (κ3) is 2.78. The molecule has 1 aliphatic rings. The zero-order chi connectivity index (χ0) is 13.2. The predicted molar refractivity (Wildman–Crippen MR) is 65.2 cm³/mol. The second kappa shape index (κ2) is 5.19. The highest BCUT2D eigenvalue weighted by atomic mass is 32.2. The van der Waals surface area contributed by atoms with Gasteiger partial charge in [-0.15, -0.1) is 0 Å². The zero-order valence-corrected chi connectivity index (χ0v) is 10.4. The number of rotatable bonds is 5. The largest absolute Gasteiger partial charge is 0.384 e. The minimum absolute atomic E-state index is 0.0212. The smallest absolute Gasteiger partial charge is 0.350 e. The Hall–Kier alpha value is -1.21. The summed E-state index contributed by atoms with van der Waals surface area (Å²) in [4.78, 5) is 0. The van der Waals surface area contributed by atoms with Gasteiger partial charge in [-0.05, 0) is 18.1 Å². The first-order valence-electron chi connectivity index (χ1n) is 5.60. The van der Waals surface area contributed by atoms with Crippen LogP contribution in [0.25, 0.3) is 0 Å². The fourth-order valence-electron chi connectivity index (χ4n) is 2.05. The topological polar surface area (TPSA) is 58.2 Å². The van der Waals surface area contributed by atoms with E-state index in [1.165, 1.54) is 0 Å². The van der Waals surface area contributed by atoms with Crippen molar-refractivity contribution in [2.24, 2.45) is 0 Å². The molecule has 2 N–H and O–H groups in total. The van der Waals surface area contributed by atoms with Gasteiger partial charge in [-0.3, -0.25) is 0 Å². The van der Waals surface area contributed by atoms with E-state index >= 15 is 0 Å². The van der Waals surface area contributed by atoms with Gasteiger partial charge in [-0.25, -0.2) is 13.1 Å². The molecule has 1 aliphatic heterocycles. The highest BCUT2D eigenvalue weighted by Gasteiger charge is 2.25. The molecule has 0 aliphatic carbocycles. The van der Waals surface area contributed by atoms with Crippen LogP contribution in [0.2, 0.25) is 0 Å². The van der Waals surface area contributed by atoms with Crippen LogP contribution in [0.3, 0.4) is 0 Å². The van der Waals surface area contributed by atoms with Crippen molar-refractivity contribution in [3.8, 4) is 0 Å². The van der Waals surface area contributed by atoms with E-state index in [1.807, 2.05) is 29.0 Å². The molecule has 2 rings (SSSR count). The zero-order valence-electron chi connectivity index (χ0n) is 9.57. The monoisotopic (exact) mass is 276 g/mol. The summed E-state index contributed by atoms with van der Waals surface area (Å²) >= 11 is 0. The molecule has 0 fully saturated rings. The van der Waals surface area contributed by atoms with Crippen molar-refractivity contribution in [2.75, 3.05) is 18.4 Å². The summed E-state index contributed by atoms with van der Waals surface area (Å²) in [6, 6.07) is 7.72. The number of anilines is 1. The first-order chi connectivity index (χ1) is 8.50. The molecule has 0 bridgehead atoms. The lowest BCUT2D eigenvalue weighted by atomic mass is 9.98. The van der Waals surface area contributed by atoms with Crippen molar-refractivity contribution in [3.05, 3.63) is 29.8 Å². The van der Waals surface area contributed by atoms with Gasteiger partial charge < -0.3 is 5.32 Å².